The van der Waals surface area contributed by atoms with Crippen molar-refractivity contribution < 1.29 is 22.3 Å². The molecule has 1 heterocycles. The molecule has 0 radical (unpaired) electrons. The molecule has 1 aromatic heterocycles. The molecule has 0 spiro atoms. The van der Waals surface area contributed by atoms with Crippen molar-refractivity contribution in [3.63, 3.8) is 0 Å². The molecule has 12 heteroatoms. The molecule has 0 unspecified atom stereocenters. The van der Waals surface area contributed by atoms with Crippen molar-refractivity contribution in [2.45, 2.75) is 37.5 Å². The first kappa shape index (κ1) is 23.3. The lowest BCUT2D eigenvalue weighted by Gasteiger charge is -2.08. The van der Waals surface area contributed by atoms with E-state index in [0.717, 1.165) is 23.9 Å². The van der Waals surface area contributed by atoms with E-state index >= 15 is 0 Å². The zero-order chi connectivity index (χ0) is 23.3. The molecule has 0 saturated carbocycles. The molecule has 0 bridgehead atoms. The summed E-state index contributed by atoms with van der Waals surface area (Å²) in [6, 6.07) is 9.98. The summed E-state index contributed by atoms with van der Waals surface area (Å²) < 4.78 is 29.8. The normalized spacial score (nSPS) is 11.3. The Hall–Kier alpha value is -3.38. The van der Waals surface area contributed by atoms with Gasteiger partial charge < -0.3 is 4.18 Å². The number of amides is 1. The first-order valence-corrected chi connectivity index (χ1v) is 11.9. The van der Waals surface area contributed by atoms with Gasteiger partial charge in [-0.1, -0.05) is 31.3 Å². The van der Waals surface area contributed by atoms with E-state index in [1.807, 2.05) is 0 Å². The average Bonchev–Trinajstić information content (AvgIpc) is 3.23. The number of hydrogen-bond donors (Lipinski definition) is 1. The lowest BCUT2D eigenvalue weighted by atomic mass is 10.1. The van der Waals surface area contributed by atoms with E-state index in [9.17, 15) is 23.3 Å². The molecular weight excluding hydrogens is 456 g/mol. The highest BCUT2D eigenvalue weighted by molar-refractivity contribution is 7.87. The standard InChI is InChI=1S/C20H20N4O6S2/c1-3-13(4-2)19-22-23-20(31-19)21-18(25)14-8-10-16(11-9-14)30-32(28,29)17-7-5-6-15(12-17)24(26)27/h5-13H,3-4H2,1-2H3,(H,21,23,25). The fourth-order valence-electron chi connectivity index (χ4n) is 2.85. The molecule has 0 aliphatic heterocycles. The van der Waals surface area contributed by atoms with Gasteiger partial charge in [0.05, 0.1) is 4.92 Å². The number of rotatable bonds is 9. The van der Waals surface area contributed by atoms with Gasteiger partial charge in [-0.2, -0.15) is 8.42 Å². The molecule has 3 rings (SSSR count). The maximum atomic E-state index is 12.5. The highest BCUT2D eigenvalue weighted by Crippen LogP contribution is 2.28. The lowest BCUT2D eigenvalue weighted by molar-refractivity contribution is -0.385. The van der Waals surface area contributed by atoms with E-state index in [2.05, 4.69) is 29.4 Å². The van der Waals surface area contributed by atoms with Gasteiger partial charge in [0.25, 0.3) is 11.6 Å². The number of nitrogens with one attached hydrogen (secondary N) is 1. The molecule has 10 nitrogen and oxygen atoms in total. The summed E-state index contributed by atoms with van der Waals surface area (Å²) >= 11 is 1.32. The zero-order valence-corrected chi connectivity index (χ0v) is 18.9. The van der Waals surface area contributed by atoms with Gasteiger partial charge in [-0.05, 0) is 43.2 Å². The van der Waals surface area contributed by atoms with Gasteiger partial charge in [-0.25, -0.2) is 0 Å². The average molecular weight is 477 g/mol. The Morgan fingerprint density at radius 3 is 2.47 bits per heavy atom. The Labute approximate surface area is 188 Å². The Balaban J connectivity index is 1.69. The number of benzene rings is 2. The molecule has 168 valence electrons. The van der Waals surface area contributed by atoms with E-state index in [0.29, 0.717) is 11.0 Å². The van der Waals surface area contributed by atoms with Gasteiger partial charge in [0.1, 0.15) is 15.7 Å². The zero-order valence-electron chi connectivity index (χ0n) is 17.2. The Morgan fingerprint density at radius 1 is 1.16 bits per heavy atom. The van der Waals surface area contributed by atoms with Crippen molar-refractivity contribution >= 4 is 38.2 Å². The van der Waals surface area contributed by atoms with Crippen LogP contribution in [0.5, 0.6) is 5.75 Å². The molecule has 32 heavy (non-hydrogen) atoms. The van der Waals surface area contributed by atoms with Gasteiger partial charge >= 0.3 is 10.1 Å². The van der Waals surface area contributed by atoms with Gasteiger partial charge in [0.2, 0.25) is 5.13 Å². The van der Waals surface area contributed by atoms with Crippen molar-refractivity contribution in [1.29, 1.82) is 0 Å². The number of anilines is 1. The third-order valence-electron chi connectivity index (χ3n) is 4.64. The van der Waals surface area contributed by atoms with Crippen LogP contribution in [0.25, 0.3) is 0 Å². The second kappa shape index (κ2) is 9.83. The summed E-state index contributed by atoms with van der Waals surface area (Å²) in [5.74, 6) is -0.173. The second-order valence-corrected chi connectivity index (χ2v) is 9.28. The van der Waals surface area contributed by atoms with Crippen molar-refractivity contribution in [3.05, 3.63) is 69.2 Å². The minimum atomic E-state index is -4.28. The molecule has 1 amide bonds. The molecular formula is C20H20N4O6S2. The van der Waals surface area contributed by atoms with Crippen LogP contribution in [-0.4, -0.2) is 29.4 Å². The third-order valence-corrected chi connectivity index (χ3v) is 6.88. The number of carbonyl (C=O) groups is 1. The molecule has 0 saturated heterocycles. The van der Waals surface area contributed by atoms with E-state index in [1.165, 1.54) is 53.8 Å². The number of nitro benzene ring substituents is 1. The number of aromatic nitrogens is 2. The molecule has 3 aromatic rings. The monoisotopic (exact) mass is 476 g/mol. The van der Waals surface area contributed by atoms with Crippen molar-refractivity contribution in [2.75, 3.05) is 5.32 Å². The van der Waals surface area contributed by atoms with Gasteiger partial charge in [-0.15, -0.1) is 10.2 Å². The minimum Gasteiger partial charge on any atom is -0.379 e. The maximum Gasteiger partial charge on any atom is 0.339 e. The summed E-state index contributed by atoms with van der Waals surface area (Å²) in [6.45, 7) is 4.13. The third kappa shape index (κ3) is 5.45. The Kier molecular flexibility index (Phi) is 7.15. The fraction of sp³-hybridized carbons (Fsp3) is 0.250. The van der Waals surface area contributed by atoms with Crippen molar-refractivity contribution in [1.82, 2.24) is 10.2 Å². The Bertz CT molecular complexity index is 1220. The van der Waals surface area contributed by atoms with Gasteiger partial charge in [0, 0.05) is 23.6 Å². The highest BCUT2D eigenvalue weighted by atomic mass is 32.2. The van der Waals surface area contributed by atoms with Crippen LogP contribution < -0.4 is 9.50 Å². The lowest BCUT2D eigenvalue weighted by Crippen LogP contribution is -2.12. The largest absolute Gasteiger partial charge is 0.379 e. The predicted molar refractivity (Wildman–Crippen MR) is 119 cm³/mol. The van der Waals surface area contributed by atoms with Crippen molar-refractivity contribution in [3.8, 4) is 5.75 Å². The number of non-ortho nitro benzene ring substituents is 1. The first-order valence-electron chi connectivity index (χ1n) is 9.67. The summed E-state index contributed by atoms with van der Waals surface area (Å²) in [6.07, 6.45) is 1.86. The van der Waals surface area contributed by atoms with Crippen LogP contribution in [0, 0.1) is 10.1 Å². The summed E-state index contributed by atoms with van der Waals surface area (Å²) in [4.78, 5) is 22.3. The Morgan fingerprint density at radius 2 is 1.84 bits per heavy atom. The summed E-state index contributed by atoms with van der Waals surface area (Å²) in [5.41, 5.74) is -0.102. The number of hydrogen-bond acceptors (Lipinski definition) is 9. The van der Waals surface area contributed by atoms with Crippen LogP contribution >= 0.6 is 11.3 Å². The predicted octanol–water partition coefficient (Wildman–Crippen LogP) is 4.37. The molecule has 0 fully saturated rings. The number of nitrogens with zero attached hydrogens (tertiary/aromatic N) is 3. The number of nitro groups is 1. The fourth-order valence-corrected chi connectivity index (χ4v) is 4.82. The topological polar surface area (TPSA) is 141 Å². The molecule has 0 aliphatic rings. The molecule has 0 aliphatic carbocycles. The number of carbonyl (C=O) groups excluding carboxylic acids is 1. The smallest absolute Gasteiger partial charge is 0.339 e. The maximum absolute atomic E-state index is 12.5. The highest BCUT2D eigenvalue weighted by Gasteiger charge is 2.20. The summed E-state index contributed by atoms with van der Waals surface area (Å²) in [5, 5.41) is 22.9. The first-order chi connectivity index (χ1) is 15.2. The van der Waals surface area contributed by atoms with E-state index in [1.54, 1.807) is 0 Å². The van der Waals surface area contributed by atoms with Crippen LogP contribution in [0.15, 0.2) is 53.4 Å². The van der Waals surface area contributed by atoms with Crippen LogP contribution in [0.3, 0.4) is 0 Å². The molecule has 1 N–H and O–H groups in total. The van der Waals surface area contributed by atoms with E-state index < -0.39 is 20.9 Å². The van der Waals surface area contributed by atoms with E-state index in [4.69, 9.17) is 4.18 Å². The second-order valence-electron chi connectivity index (χ2n) is 6.73. The molecule has 2 aromatic carbocycles. The van der Waals surface area contributed by atoms with Gasteiger partial charge in [-0.3, -0.25) is 20.2 Å². The minimum absolute atomic E-state index is 0.0417. The quantitative estimate of drug-likeness (QED) is 0.273. The summed E-state index contributed by atoms with van der Waals surface area (Å²) in [7, 11) is -4.28. The van der Waals surface area contributed by atoms with Crippen LogP contribution in [0.4, 0.5) is 10.8 Å². The molecule has 0 atom stereocenters. The SMILES string of the molecule is CCC(CC)c1nnc(NC(=O)c2ccc(OS(=O)(=O)c3cccc([N+](=O)[O-])c3)cc2)s1. The van der Waals surface area contributed by atoms with Crippen LogP contribution in [0.1, 0.15) is 48.0 Å². The van der Waals surface area contributed by atoms with Crippen LogP contribution in [-0.2, 0) is 10.1 Å². The van der Waals surface area contributed by atoms with Crippen molar-refractivity contribution in [2.24, 2.45) is 0 Å². The van der Waals surface area contributed by atoms with E-state index in [-0.39, 0.29) is 21.9 Å². The van der Waals surface area contributed by atoms with Gasteiger partial charge in [0.15, 0.2) is 0 Å². The van der Waals surface area contributed by atoms with Crippen LogP contribution in [0.2, 0.25) is 0 Å².